The van der Waals surface area contributed by atoms with E-state index in [2.05, 4.69) is 13.8 Å². The number of hydrogen-bond acceptors (Lipinski definition) is 2. The molecule has 11 heavy (non-hydrogen) atoms. The van der Waals surface area contributed by atoms with Gasteiger partial charge in [-0.1, -0.05) is 20.3 Å². The smallest absolute Gasteiger partial charge is 0.230 e. The largest absolute Gasteiger partial charge is 0.458 e. The quantitative estimate of drug-likeness (QED) is 0.623. The molecule has 0 saturated heterocycles. The first-order valence-electron chi connectivity index (χ1n) is 4.36. The van der Waals surface area contributed by atoms with Gasteiger partial charge in [0, 0.05) is 12.8 Å². The molecule has 1 heterocycles. The molecular weight excluding hydrogens is 140 g/mol. The van der Waals surface area contributed by atoms with E-state index in [9.17, 15) is 0 Å². The monoisotopic (exact) mass is 156 g/mol. The van der Waals surface area contributed by atoms with Crippen molar-refractivity contribution in [2.45, 2.75) is 39.5 Å². The van der Waals surface area contributed by atoms with E-state index >= 15 is 0 Å². The van der Waals surface area contributed by atoms with Crippen molar-refractivity contribution in [3.63, 3.8) is 0 Å². The van der Waals surface area contributed by atoms with E-state index in [0.717, 1.165) is 24.4 Å². The van der Waals surface area contributed by atoms with Crippen LogP contribution in [-0.4, -0.2) is 6.79 Å². The highest BCUT2D eigenvalue weighted by Gasteiger charge is 2.14. The van der Waals surface area contributed by atoms with E-state index in [1.807, 2.05) is 0 Å². The van der Waals surface area contributed by atoms with Crippen LogP contribution in [0.5, 0.6) is 0 Å². The van der Waals surface area contributed by atoms with Crippen LogP contribution in [0.3, 0.4) is 0 Å². The highest BCUT2D eigenvalue weighted by Crippen LogP contribution is 2.23. The lowest BCUT2D eigenvalue weighted by atomic mass is 10.2. The third-order valence-electron chi connectivity index (χ3n) is 1.86. The Morgan fingerprint density at radius 3 is 2.55 bits per heavy atom. The predicted molar refractivity (Wildman–Crippen MR) is 43.9 cm³/mol. The van der Waals surface area contributed by atoms with Gasteiger partial charge in [-0.25, -0.2) is 0 Å². The Labute approximate surface area is 68.2 Å². The van der Waals surface area contributed by atoms with Crippen molar-refractivity contribution in [2.75, 3.05) is 6.79 Å². The minimum atomic E-state index is 0.433. The maximum absolute atomic E-state index is 5.32. The molecule has 0 amide bonds. The van der Waals surface area contributed by atoms with Gasteiger partial charge in [-0.2, -0.15) is 0 Å². The molecule has 0 N–H and O–H groups in total. The third-order valence-corrected chi connectivity index (χ3v) is 1.86. The molecule has 0 atom stereocenters. The standard InChI is InChI=1S/C9H16O2/c1-3-5-6-9-8(4-2)10-7-11-9/h3-7H2,1-2H3. The van der Waals surface area contributed by atoms with Crippen molar-refractivity contribution >= 4 is 0 Å². The minimum Gasteiger partial charge on any atom is -0.458 e. The van der Waals surface area contributed by atoms with Gasteiger partial charge in [0.05, 0.1) is 0 Å². The fourth-order valence-electron chi connectivity index (χ4n) is 1.18. The molecule has 0 aromatic rings. The molecule has 0 spiro atoms. The molecular formula is C9H16O2. The van der Waals surface area contributed by atoms with Crippen molar-refractivity contribution in [1.29, 1.82) is 0 Å². The SMILES string of the molecule is CCCCC1=C(CC)OCO1. The summed E-state index contributed by atoms with van der Waals surface area (Å²) in [7, 11) is 0. The molecule has 0 fully saturated rings. The Morgan fingerprint density at radius 1 is 1.18 bits per heavy atom. The first-order chi connectivity index (χ1) is 5.38. The van der Waals surface area contributed by atoms with E-state index in [4.69, 9.17) is 9.47 Å². The van der Waals surface area contributed by atoms with Crippen LogP contribution in [0.15, 0.2) is 11.5 Å². The molecule has 0 saturated carbocycles. The minimum absolute atomic E-state index is 0.433. The molecule has 0 aromatic heterocycles. The van der Waals surface area contributed by atoms with Gasteiger partial charge in [0.1, 0.15) is 11.5 Å². The number of allylic oxidation sites excluding steroid dienone is 2. The fraction of sp³-hybridized carbons (Fsp3) is 0.778. The molecule has 0 aromatic carbocycles. The summed E-state index contributed by atoms with van der Waals surface area (Å²) in [6, 6.07) is 0. The second-order valence-electron chi connectivity index (χ2n) is 2.71. The molecule has 0 bridgehead atoms. The number of ether oxygens (including phenoxy) is 2. The summed E-state index contributed by atoms with van der Waals surface area (Å²) < 4.78 is 10.6. The Kier molecular flexibility index (Phi) is 3.27. The third kappa shape index (κ3) is 2.14. The summed E-state index contributed by atoms with van der Waals surface area (Å²) in [4.78, 5) is 0. The van der Waals surface area contributed by atoms with Gasteiger partial charge in [0.15, 0.2) is 0 Å². The number of unbranched alkanes of at least 4 members (excludes halogenated alkanes) is 1. The van der Waals surface area contributed by atoms with Crippen LogP contribution in [0.25, 0.3) is 0 Å². The van der Waals surface area contributed by atoms with Gasteiger partial charge < -0.3 is 9.47 Å². The summed E-state index contributed by atoms with van der Waals surface area (Å²) in [5.41, 5.74) is 0. The molecule has 2 heteroatoms. The van der Waals surface area contributed by atoms with Gasteiger partial charge in [-0.15, -0.1) is 0 Å². The van der Waals surface area contributed by atoms with Gasteiger partial charge in [0.2, 0.25) is 6.79 Å². The van der Waals surface area contributed by atoms with Gasteiger partial charge >= 0.3 is 0 Å². The average Bonchev–Trinajstić information content (AvgIpc) is 2.47. The topological polar surface area (TPSA) is 18.5 Å². The molecule has 0 unspecified atom stereocenters. The lowest BCUT2D eigenvalue weighted by Gasteiger charge is -1.99. The van der Waals surface area contributed by atoms with Gasteiger partial charge in [-0.05, 0) is 6.42 Å². The van der Waals surface area contributed by atoms with Crippen molar-refractivity contribution in [3.8, 4) is 0 Å². The Bertz CT molecular complexity index is 150. The van der Waals surface area contributed by atoms with Crippen molar-refractivity contribution in [3.05, 3.63) is 11.5 Å². The first-order valence-corrected chi connectivity index (χ1v) is 4.36. The van der Waals surface area contributed by atoms with Crippen LogP contribution in [0.4, 0.5) is 0 Å². The Balaban J connectivity index is 2.39. The van der Waals surface area contributed by atoms with Crippen LogP contribution in [0, 0.1) is 0 Å². The van der Waals surface area contributed by atoms with Crippen molar-refractivity contribution in [2.24, 2.45) is 0 Å². The maximum Gasteiger partial charge on any atom is 0.230 e. The summed E-state index contributed by atoms with van der Waals surface area (Å²) in [5, 5.41) is 0. The zero-order valence-electron chi connectivity index (χ0n) is 7.35. The van der Waals surface area contributed by atoms with E-state index in [1.54, 1.807) is 0 Å². The van der Waals surface area contributed by atoms with E-state index in [-0.39, 0.29) is 0 Å². The lowest BCUT2D eigenvalue weighted by Crippen LogP contribution is -1.86. The fourth-order valence-corrected chi connectivity index (χ4v) is 1.18. The van der Waals surface area contributed by atoms with Crippen LogP contribution >= 0.6 is 0 Å². The highest BCUT2D eigenvalue weighted by molar-refractivity contribution is 5.03. The lowest BCUT2D eigenvalue weighted by molar-refractivity contribution is 0.0671. The number of hydrogen-bond donors (Lipinski definition) is 0. The van der Waals surface area contributed by atoms with Gasteiger partial charge in [-0.3, -0.25) is 0 Å². The van der Waals surface area contributed by atoms with Crippen LogP contribution in [0.2, 0.25) is 0 Å². The normalized spacial score (nSPS) is 16.5. The van der Waals surface area contributed by atoms with E-state index in [1.165, 1.54) is 12.8 Å². The molecule has 2 nitrogen and oxygen atoms in total. The summed E-state index contributed by atoms with van der Waals surface area (Å²) in [6.45, 7) is 4.71. The van der Waals surface area contributed by atoms with E-state index in [0.29, 0.717) is 6.79 Å². The summed E-state index contributed by atoms with van der Waals surface area (Å²) >= 11 is 0. The summed E-state index contributed by atoms with van der Waals surface area (Å²) in [6.07, 6.45) is 4.41. The molecule has 64 valence electrons. The van der Waals surface area contributed by atoms with Gasteiger partial charge in [0.25, 0.3) is 0 Å². The second-order valence-corrected chi connectivity index (χ2v) is 2.71. The van der Waals surface area contributed by atoms with Crippen LogP contribution < -0.4 is 0 Å². The Morgan fingerprint density at radius 2 is 1.91 bits per heavy atom. The second kappa shape index (κ2) is 4.27. The molecule has 1 aliphatic heterocycles. The van der Waals surface area contributed by atoms with E-state index < -0.39 is 0 Å². The first kappa shape index (κ1) is 8.44. The van der Waals surface area contributed by atoms with Crippen molar-refractivity contribution < 1.29 is 9.47 Å². The molecule has 0 radical (unpaired) electrons. The molecule has 1 aliphatic rings. The average molecular weight is 156 g/mol. The molecule has 0 aliphatic carbocycles. The highest BCUT2D eigenvalue weighted by atomic mass is 16.7. The number of rotatable bonds is 4. The summed E-state index contributed by atoms with van der Waals surface area (Å²) in [5.74, 6) is 2.13. The predicted octanol–water partition coefficient (Wildman–Crippen LogP) is 2.80. The Hall–Kier alpha value is -0.660. The maximum atomic E-state index is 5.32. The van der Waals surface area contributed by atoms with Crippen molar-refractivity contribution in [1.82, 2.24) is 0 Å². The van der Waals surface area contributed by atoms with Crippen LogP contribution in [0.1, 0.15) is 39.5 Å². The zero-order chi connectivity index (χ0) is 8.10. The zero-order valence-corrected chi connectivity index (χ0v) is 7.35. The van der Waals surface area contributed by atoms with Crippen LogP contribution in [-0.2, 0) is 9.47 Å². The molecule has 1 rings (SSSR count).